The lowest BCUT2D eigenvalue weighted by Crippen LogP contribution is -2.38. The summed E-state index contributed by atoms with van der Waals surface area (Å²) in [6, 6.07) is 3.10. The summed E-state index contributed by atoms with van der Waals surface area (Å²) in [5.74, 6) is -0.117. The van der Waals surface area contributed by atoms with Crippen LogP contribution < -0.4 is 15.4 Å². The summed E-state index contributed by atoms with van der Waals surface area (Å²) < 4.78 is 19.4. The summed E-state index contributed by atoms with van der Waals surface area (Å²) in [5.41, 5.74) is 7.39. The summed E-state index contributed by atoms with van der Waals surface area (Å²) in [7, 11) is 0. The Labute approximate surface area is 114 Å². The fourth-order valence-electron chi connectivity index (χ4n) is 2.69. The summed E-state index contributed by atoms with van der Waals surface area (Å²) in [4.78, 5) is 2.24. The summed E-state index contributed by atoms with van der Waals surface area (Å²) in [6.45, 7) is 9.09. The van der Waals surface area contributed by atoms with Gasteiger partial charge in [-0.05, 0) is 40.5 Å². The molecule has 0 spiro atoms. The van der Waals surface area contributed by atoms with Gasteiger partial charge < -0.3 is 15.4 Å². The highest BCUT2D eigenvalue weighted by atomic mass is 19.1. The van der Waals surface area contributed by atoms with Gasteiger partial charge in [0.25, 0.3) is 0 Å². The maximum atomic E-state index is 13.8. The number of nitrogen functional groups attached to an aromatic ring is 1. The summed E-state index contributed by atoms with van der Waals surface area (Å²) in [6.07, 6.45) is 2.19. The molecule has 2 rings (SSSR count). The first-order valence-corrected chi connectivity index (χ1v) is 6.84. The second kappa shape index (κ2) is 4.91. The van der Waals surface area contributed by atoms with Gasteiger partial charge in [0.1, 0.15) is 0 Å². The lowest BCUT2D eigenvalue weighted by Gasteiger charge is -2.34. The van der Waals surface area contributed by atoms with Gasteiger partial charge in [0, 0.05) is 24.2 Å². The van der Waals surface area contributed by atoms with Gasteiger partial charge in [0.2, 0.25) is 0 Å². The molecule has 2 N–H and O–H groups in total. The third-order valence-corrected chi connectivity index (χ3v) is 3.64. The first-order chi connectivity index (χ1) is 8.81. The molecule has 1 aliphatic rings. The second-order valence-electron chi connectivity index (χ2n) is 6.08. The first-order valence-electron chi connectivity index (χ1n) is 6.84. The molecule has 1 saturated heterocycles. The zero-order valence-corrected chi connectivity index (χ0v) is 12.2. The van der Waals surface area contributed by atoms with Crippen LogP contribution in [0, 0.1) is 5.82 Å². The number of nitrogens with two attached hydrogens (primary N) is 1. The zero-order chi connectivity index (χ0) is 14.2. The summed E-state index contributed by atoms with van der Waals surface area (Å²) in [5, 5.41) is 0. The standard InChI is InChI=1S/C15H23FN2O/c1-10(2)19-14-9-13(12(17)8-11(14)16)18-7-5-6-15(18,3)4/h8-10H,5-7,17H2,1-4H3. The van der Waals surface area contributed by atoms with Crippen LogP contribution in [-0.4, -0.2) is 18.2 Å². The highest BCUT2D eigenvalue weighted by Gasteiger charge is 2.33. The van der Waals surface area contributed by atoms with E-state index in [1.807, 2.05) is 13.8 Å². The van der Waals surface area contributed by atoms with E-state index in [1.165, 1.54) is 6.07 Å². The molecule has 0 amide bonds. The lowest BCUT2D eigenvalue weighted by atomic mass is 10.0. The van der Waals surface area contributed by atoms with Crippen LogP contribution >= 0.6 is 0 Å². The molecule has 106 valence electrons. The number of anilines is 2. The zero-order valence-electron chi connectivity index (χ0n) is 12.2. The van der Waals surface area contributed by atoms with Gasteiger partial charge >= 0.3 is 0 Å². The van der Waals surface area contributed by atoms with E-state index in [2.05, 4.69) is 18.7 Å². The van der Waals surface area contributed by atoms with Gasteiger partial charge in [-0.25, -0.2) is 4.39 Å². The van der Waals surface area contributed by atoms with Gasteiger partial charge in [-0.3, -0.25) is 0 Å². The first kappa shape index (κ1) is 14.0. The lowest BCUT2D eigenvalue weighted by molar-refractivity contribution is 0.231. The normalized spacial score (nSPS) is 18.1. The molecule has 0 atom stereocenters. The van der Waals surface area contributed by atoms with Crippen LogP contribution in [0.5, 0.6) is 5.75 Å². The molecule has 0 aromatic heterocycles. The Morgan fingerprint density at radius 3 is 2.58 bits per heavy atom. The molecule has 4 heteroatoms. The molecule has 3 nitrogen and oxygen atoms in total. The predicted molar refractivity (Wildman–Crippen MR) is 77.2 cm³/mol. The van der Waals surface area contributed by atoms with Crippen molar-refractivity contribution in [3.8, 4) is 5.75 Å². The minimum Gasteiger partial charge on any atom is -0.488 e. The molecule has 1 fully saturated rings. The van der Waals surface area contributed by atoms with E-state index in [-0.39, 0.29) is 17.4 Å². The van der Waals surface area contributed by atoms with Crippen molar-refractivity contribution in [1.29, 1.82) is 0 Å². The second-order valence-corrected chi connectivity index (χ2v) is 6.08. The monoisotopic (exact) mass is 266 g/mol. The molecule has 0 unspecified atom stereocenters. The molecular weight excluding hydrogens is 243 g/mol. The Bertz CT molecular complexity index is 471. The molecule has 0 bridgehead atoms. The van der Waals surface area contributed by atoms with E-state index in [0.29, 0.717) is 5.69 Å². The highest BCUT2D eigenvalue weighted by Crippen LogP contribution is 2.39. The van der Waals surface area contributed by atoms with E-state index in [4.69, 9.17) is 10.5 Å². The van der Waals surface area contributed by atoms with Crippen LogP contribution in [0.25, 0.3) is 0 Å². The fraction of sp³-hybridized carbons (Fsp3) is 0.600. The van der Waals surface area contributed by atoms with Crippen molar-refractivity contribution in [2.45, 2.75) is 52.2 Å². The van der Waals surface area contributed by atoms with Crippen molar-refractivity contribution in [1.82, 2.24) is 0 Å². The molecule has 1 aromatic rings. The van der Waals surface area contributed by atoms with Crippen molar-refractivity contribution in [3.05, 3.63) is 17.9 Å². The smallest absolute Gasteiger partial charge is 0.167 e. The van der Waals surface area contributed by atoms with Crippen LogP contribution in [-0.2, 0) is 0 Å². The minimum absolute atomic E-state index is 0.0566. The van der Waals surface area contributed by atoms with Crippen molar-refractivity contribution in [2.75, 3.05) is 17.2 Å². The summed E-state index contributed by atoms with van der Waals surface area (Å²) >= 11 is 0. The number of benzene rings is 1. The Balaban J connectivity index is 2.40. The van der Waals surface area contributed by atoms with Crippen molar-refractivity contribution in [3.63, 3.8) is 0 Å². The number of nitrogens with zero attached hydrogens (tertiary/aromatic N) is 1. The Morgan fingerprint density at radius 2 is 2.05 bits per heavy atom. The molecule has 0 aliphatic carbocycles. The number of ether oxygens (including phenoxy) is 1. The van der Waals surface area contributed by atoms with Crippen molar-refractivity contribution < 1.29 is 9.13 Å². The van der Waals surface area contributed by atoms with E-state index in [9.17, 15) is 4.39 Å². The number of rotatable bonds is 3. The van der Waals surface area contributed by atoms with Crippen LogP contribution in [0.1, 0.15) is 40.5 Å². The average Bonchev–Trinajstić information content (AvgIpc) is 2.61. The Morgan fingerprint density at radius 1 is 1.37 bits per heavy atom. The van der Waals surface area contributed by atoms with Crippen LogP contribution in [0.15, 0.2) is 12.1 Å². The maximum absolute atomic E-state index is 13.8. The molecular formula is C15H23FN2O. The highest BCUT2D eigenvalue weighted by molar-refractivity contribution is 5.71. The molecule has 1 heterocycles. The van der Waals surface area contributed by atoms with E-state index in [0.717, 1.165) is 25.1 Å². The minimum atomic E-state index is -0.396. The van der Waals surface area contributed by atoms with Crippen molar-refractivity contribution >= 4 is 11.4 Å². The SMILES string of the molecule is CC(C)Oc1cc(N2CCCC2(C)C)c(N)cc1F. The van der Waals surface area contributed by atoms with Crippen LogP contribution in [0.2, 0.25) is 0 Å². The van der Waals surface area contributed by atoms with E-state index < -0.39 is 5.82 Å². The topological polar surface area (TPSA) is 38.5 Å². The quantitative estimate of drug-likeness (QED) is 0.850. The Hall–Kier alpha value is -1.45. The van der Waals surface area contributed by atoms with Crippen LogP contribution in [0.3, 0.4) is 0 Å². The third-order valence-electron chi connectivity index (χ3n) is 3.64. The number of halogens is 1. The molecule has 0 saturated carbocycles. The van der Waals surface area contributed by atoms with Gasteiger partial charge in [-0.2, -0.15) is 0 Å². The number of hydrogen-bond donors (Lipinski definition) is 1. The predicted octanol–water partition coefficient (Wildman–Crippen LogP) is 3.57. The molecule has 1 aliphatic heterocycles. The van der Waals surface area contributed by atoms with Gasteiger partial charge in [0.05, 0.1) is 17.5 Å². The average molecular weight is 266 g/mol. The third kappa shape index (κ3) is 2.77. The number of hydrogen-bond acceptors (Lipinski definition) is 3. The largest absolute Gasteiger partial charge is 0.488 e. The van der Waals surface area contributed by atoms with Gasteiger partial charge in [-0.1, -0.05) is 0 Å². The van der Waals surface area contributed by atoms with E-state index >= 15 is 0 Å². The van der Waals surface area contributed by atoms with Gasteiger partial charge in [-0.15, -0.1) is 0 Å². The van der Waals surface area contributed by atoms with Gasteiger partial charge in [0.15, 0.2) is 11.6 Å². The molecule has 0 radical (unpaired) electrons. The molecule has 19 heavy (non-hydrogen) atoms. The van der Waals surface area contributed by atoms with Crippen LogP contribution in [0.4, 0.5) is 15.8 Å². The molecule has 1 aromatic carbocycles. The Kier molecular flexibility index (Phi) is 3.61. The van der Waals surface area contributed by atoms with E-state index in [1.54, 1.807) is 6.07 Å². The maximum Gasteiger partial charge on any atom is 0.167 e. The fourth-order valence-corrected chi connectivity index (χ4v) is 2.69. The van der Waals surface area contributed by atoms with Crippen molar-refractivity contribution in [2.24, 2.45) is 0 Å².